The monoisotopic (exact) mass is 233 g/mol. The van der Waals surface area contributed by atoms with E-state index in [1.165, 1.54) is 0 Å². The second-order valence-electron chi connectivity index (χ2n) is 3.91. The second-order valence-corrected chi connectivity index (χ2v) is 4.99. The molecule has 0 amide bonds. The standard InChI is InChI=1S/C11H11N3OS/c1-14-7(5-6-12-14)11-13-10-8(15)3-2-4-9(10)16-11/h5-6H,2-4H2,1H3. The fourth-order valence-electron chi connectivity index (χ4n) is 1.96. The maximum Gasteiger partial charge on any atom is 0.182 e. The summed E-state index contributed by atoms with van der Waals surface area (Å²) in [6, 6.07) is 1.93. The van der Waals surface area contributed by atoms with Crippen molar-refractivity contribution in [3.63, 3.8) is 0 Å². The first-order valence-electron chi connectivity index (χ1n) is 5.27. The summed E-state index contributed by atoms with van der Waals surface area (Å²) in [5, 5.41) is 5.02. The third-order valence-electron chi connectivity index (χ3n) is 2.81. The Morgan fingerprint density at radius 2 is 2.31 bits per heavy atom. The third-order valence-corrected chi connectivity index (χ3v) is 3.95. The Labute approximate surface area is 96.9 Å². The summed E-state index contributed by atoms with van der Waals surface area (Å²) in [4.78, 5) is 17.3. The van der Waals surface area contributed by atoms with Crippen LogP contribution in [-0.2, 0) is 13.5 Å². The number of thiazole rings is 1. The van der Waals surface area contributed by atoms with Crippen molar-refractivity contribution in [2.75, 3.05) is 0 Å². The molecular formula is C11H11N3OS. The van der Waals surface area contributed by atoms with Crippen LogP contribution >= 0.6 is 11.3 Å². The van der Waals surface area contributed by atoms with E-state index < -0.39 is 0 Å². The topological polar surface area (TPSA) is 47.8 Å². The van der Waals surface area contributed by atoms with Crippen molar-refractivity contribution < 1.29 is 4.79 Å². The zero-order chi connectivity index (χ0) is 11.1. The number of aromatic nitrogens is 3. The average molecular weight is 233 g/mol. The fourth-order valence-corrected chi connectivity index (χ4v) is 3.14. The van der Waals surface area contributed by atoms with Crippen LogP contribution in [0.5, 0.6) is 0 Å². The van der Waals surface area contributed by atoms with Gasteiger partial charge in [0.25, 0.3) is 0 Å². The summed E-state index contributed by atoms with van der Waals surface area (Å²) in [7, 11) is 1.89. The highest BCUT2D eigenvalue weighted by molar-refractivity contribution is 7.15. The van der Waals surface area contributed by atoms with Crippen molar-refractivity contribution in [2.24, 2.45) is 7.05 Å². The molecule has 82 valence electrons. The van der Waals surface area contributed by atoms with E-state index >= 15 is 0 Å². The first kappa shape index (κ1) is 9.72. The predicted molar refractivity (Wildman–Crippen MR) is 61.6 cm³/mol. The SMILES string of the molecule is Cn1nccc1-c1nc2c(s1)CCCC2=O. The Morgan fingerprint density at radius 1 is 1.44 bits per heavy atom. The van der Waals surface area contributed by atoms with Gasteiger partial charge in [0.05, 0.1) is 5.69 Å². The summed E-state index contributed by atoms with van der Waals surface area (Å²) >= 11 is 1.62. The summed E-state index contributed by atoms with van der Waals surface area (Å²) in [6.07, 6.45) is 4.33. The molecule has 5 heteroatoms. The Balaban J connectivity index is 2.11. The Morgan fingerprint density at radius 3 is 3.00 bits per heavy atom. The van der Waals surface area contributed by atoms with Gasteiger partial charge in [-0.05, 0) is 18.9 Å². The van der Waals surface area contributed by atoms with Crippen LogP contribution in [0, 0.1) is 0 Å². The van der Waals surface area contributed by atoms with Crippen molar-refractivity contribution in [1.29, 1.82) is 0 Å². The van der Waals surface area contributed by atoms with E-state index in [4.69, 9.17) is 0 Å². The van der Waals surface area contributed by atoms with Gasteiger partial charge < -0.3 is 0 Å². The summed E-state index contributed by atoms with van der Waals surface area (Å²) < 4.78 is 1.79. The van der Waals surface area contributed by atoms with Crippen molar-refractivity contribution in [1.82, 2.24) is 14.8 Å². The lowest BCUT2D eigenvalue weighted by Gasteiger charge is -2.06. The van der Waals surface area contributed by atoms with E-state index in [1.54, 1.807) is 22.2 Å². The lowest BCUT2D eigenvalue weighted by atomic mass is 10.0. The second kappa shape index (κ2) is 3.52. The quantitative estimate of drug-likeness (QED) is 0.757. The minimum atomic E-state index is 0.186. The third kappa shape index (κ3) is 1.39. The molecule has 0 unspecified atom stereocenters. The number of carbonyl (C=O) groups excluding carboxylic acids is 1. The number of hydrogen-bond donors (Lipinski definition) is 0. The lowest BCUT2D eigenvalue weighted by Crippen LogP contribution is -2.08. The molecule has 0 saturated heterocycles. The van der Waals surface area contributed by atoms with Crippen LogP contribution in [0.4, 0.5) is 0 Å². The first-order chi connectivity index (χ1) is 7.75. The fraction of sp³-hybridized carbons (Fsp3) is 0.364. The molecule has 0 spiro atoms. The smallest absolute Gasteiger partial charge is 0.182 e. The molecular weight excluding hydrogens is 222 g/mol. The molecule has 0 aliphatic heterocycles. The molecule has 3 rings (SSSR count). The highest BCUT2D eigenvalue weighted by atomic mass is 32.1. The Hall–Kier alpha value is -1.49. The molecule has 0 fully saturated rings. The van der Waals surface area contributed by atoms with Gasteiger partial charge in [-0.25, -0.2) is 4.98 Å². The molecule has 0 aromatic carbocycles. The van der Waals surface area contributed by atoms with E-state index in [0.29, 0.717) is 12.1 Å². The molecule has 16 heavy (non-hydrogen) atoms. The van der Waals surface area contributed by atoms with Crippen LogP contribution in [0.15, 0.2) is 12.3 Å². The van der Waals surface area contributed by atoms with E-state index in [0.717, 1.165) is 28.4 Å². The van der Waals surface area contributed by atoms with Crippen LogP contribution in [0.25, 0.3) is 10.7 Å². The lowest BCUT2D eigenvalue weighted by molar-refractivity contribution is 0.0968. The maximum absolute atomic E-state index is 11.7. The number of carbonyl (C=O) groups is 1. The van der Waals surface area contributed by atoms with Gasteiger partial charge in [-0.2, -0.15) is 5.10 Å². The van der Waals surface area contributed by atoms with Gasteiger partial charge in [0.15, 0.2) is 5.78 Å². The molecule has 4 nitrogen and oxygen atoms in total. The van der Waals surface area contributed by atoms with Gasteiger partial charge >= 0.3 is 0 Å². The van der Waals surface area contributed by atoms with E-state index in [1.807, 2.05) is 13.1 Å². The summed E-state index contributed by atoms with van der Waals surface area (Å²) in [5.41, 5.74) is 1.67. The molecule has 0 N–H and O–H groups in total. The molecule has 0 saturated carbocycles. The van der Waals surface area contributed by atoms with Gasteiger partial charge in [-0.1, -0.05) is 0 Å². The van der Waals surface area contributed by atoms with Gasteiger partial charge in [0.1, 0.15) is 10.7 Å². The predicted octanol–water partition coefficient (Wildman–Crippen LogP) is 2.06. The zero-order valence-electron chi connectivity index (χ0n) is 8.93. The number of ketones is 1. The first-order valence-corrected chi connectivity index (χ1v) is 6.08. The van der Waals surface area contributed by atoms with Crippen molar-refractivity contribution in [2.45, 2.75) is 19.3 Å². The van der Waals surface area contributed by atoms with E-state index in [9.17, 15) is 4.79 Å². The number of Topliss-reactive ketones (excluding diaryl/α,β-unsaturated/α-hetero) is 1. The van der Waals surface area contributed by atoms with E-state index in [-0.39, 0.29) is 5.78 Å². The normalized spacial score (nSPS) is 15.2. The van der Waals surface area contributed by atoms with Crippen LogP contribution < -0.4 is 0 Å². The van der Waals surface area contributed by atoms with Crippen molar-refractivity contribution >= 4 is 17.1 Å². The minimum Gasteiger partial charge on any atom is -0.292 e. The van der Waals surface area contributed by atoms with Crippen LogP contribution in [0.3, 0.4) is 0 Å². The number of aryl methyl sites for hydroxylation is 2. The van der Waals surface area contributed by atoms with Gasteiger partial charge in [0.2, 0.25) is 0 Å². The molecule has 1 aliphatic carbocycles. The highest BCUT2D eigenvalue weighted by Crippen LogP contribution is 2.32. The maximum atomic E-state index is 11.7. The van der Waals surface area contributed by atoms with Crippen LogP contribution in [0.1, 0.15) is 28.2 Å². The zero-order valence-corrected chi connectivity index (χ0v) is 9.75. The molecule has 2 heterocycles. The van der Waals surface area contributed by atoms with Crippen LogP contribution in [0.2, 0.25) is 0 Å². The number of rotatable bonds is 1. The number of hydrogen-bond acceptors (Lipinski definition) is 4. The van der Waals surface area contributed by atoms with Gasteiger partial charge in [-0.3, -0.25) is 9.48 Å². The Bertz CT molecular complexity index is 555. The molecule has 0 atom stereocenters. The van der Waals surface area contributed by atoms with Gasteiger partial charge in [-0.15, -0.1) is 11.3 Å². The van der Waals surface area contributed by atoms with Crippen molar-refractivity contribution in [3.05, 3.63) is 22.8 Å². The molecule has 2 aromatic rings. The largest absolute Gasteiger partial charge is 0.292 e. The molecule has 0 radical (unpaired) electrons. The molecule has 2 aromatic heterocycles. The van der Waals surface area contributed by atoms with Crippen molar-refractivity contribution in [3.8, 4) is 10.7 Å². The molecule has 1 aliphatic rings. The Kier molecular flexibility index (Phi) is 2.14. The number of nitrogens with zero attached hydrogens (tertiary/aromatic N) is 3. The summed E-state index contributed by atoms with van der Waals surface area (Å²) in [6.45, 7) is 0. The average Bonchev–Trinajstić information content (AvgIpc) is 2.84. The molecule has 0 bridgehead atoms. The van der Waals surface area contributed by atoms with E-state index in [2.05, 4.69) is 10.1 Å². The van der Waals surface area contributed by atoms with Gasteiger partial charge in [0, 0.05) is 24.5 Å². The van der Waals surface area contributed by atoms with Crippen LogP contribution in [-0.4, -0.2) is 20.5 Å². The number of fused-ring (bicyclic) bond motifs is 1. The highest BCUT2D eigenvalue weighted by Gasteiger charge is 2.23. The summed E-state index contributed by atoms with van der Waals surface area (Å²) in [5.74, 6) is 0.186. The minimum absolute atomic E-state index is 0.186.